The van der Waals surface area contributed by atoms with Gasteiger partial charge in [0.25, 0.3) is 5.91 Å². The van der Waals surface area contributed by atoms with Crippen LogP contribution in [0.15, 0.2) is 116 Å². The molecule has 4 atom stereocenters. The van der Waals surface area contributed by atoms with Gasteiger partial charge in [0, 0.05) is 79.9 Å². The summed E-state index contributed by atoms with van der Waals surface area (Å²) in [5.41, 5.74) is 2.65. The molecule has 3 aliphatic heterocycles. The fourth-order valence-electron chi connectivity index (χ4n) is 9.54. The highest BCUT2D eigenvalue weighted by Crippen LogP contribution is 2.59. The molecule has 2 saturated heterocycles. The quantitative estimate of drug-likeness (QED) is 0.0652. The van der Waals surface area contributed by atoms with Gasteiger partial charge in [0.05, 0.1) is 40.1 Å². The topological polar surface area (TPSA) is 167 Å². The minimum atomic E-state index is -2.20. The smallest absolute Gasteiger partial charge is 0.336 e. The van der Waals surface area contributed by atoms with Crippen LogP contribution in [0.2, 0.25) is 0 Å². The largest absolute Gasteiger partial charge is 0.478 e. The average molecular weight is 1040 g/mol. The van der Waals surface area contributed by atoms with E-state index < -0.39 is 58.8 Å². The normalized spacial score (nSPS) is 19.7. The Labute approximate surface area is 403 Å². The number of benzene rings is 5. The zero-order valence-corrected chi connectivity index (χ0v) is 40.5. The van der Waals surface area contributed by atoms with Gasteiger partial charge in [-0.3, -0.25) is 24.0 Å². The Morgan fingerprint density at radius 3 is 2.27 bits per heavy atom. The van der Waals surface area contributed by atoms with E-state index in [4.69, 9.17) is 9.15 Å². The van der Waals surface area contributed by atoms with Crippen molar-refractivity contribution in [3.05, 3.63) is 155 Å². The summed E-state index contributed by atoms with van der Waals surface area (Å²) in [6, 6.07) is 29.4. The van der Waals surface area contributed by atoms with Crippen molar-refractivity contribution in [1.82, 2.24) is 9.89 Å². The van der Waals surface area contributed by atoms with Crippen LogP contribution in [0.25, 0.3) is 33.4 Å². The molecule has 4 aromatic carbocycles. The zero-order valence-electron chi connectivity index (χ0n) is 36.5. The van der Waals surface area contributed by atoms with Gasteiger partial charge in [0.15, 0.2) is 0 Å². The molecule has 5 aromatic rings. The van der Waals surface area contributed by atoms with Crippen LogP contribution in [0.5, 0.6) is 0 Å². The highest BCUT2D eigenvalue weighted by molar-refractivity contribution is 9.13. The predicted molar refractivity (Wildman–Crippen MR) is 260 cm³/mol. The van der Waals surface area contributed by atoms with E-state index in [9.17, 15) is 33.9 Å². The summed E-state index contributed by atoms with van der Waals surface area (Å²) in [7, 11) is 7.70. The minimum absolute atomic E-state index is 0.0244. The summed E-state index contributed by atoms with van der Waals surface area (Å²) in [6.45, 7) is 1.81. The van der Waals surface area contributed by atoms with Crippen LogP contribution in [-0.4, -0.2) is 74.2 Å². The lowest BCUT2D eigenvalue weighted by Gasteiger charge is -2.27. The number of thiophene rings is 1. The minimum Gasteiger partial charge on any atom is -0.478 e. The second-order valence-electron chi connectivity index (χ2n) is 17.3. The lowest BCUT2D eigenvalue weighted by molar-refractivity contribution is -0.127. The third kappa shape index (κ3) is 6.99. The first kappa shape index (κ1) is 44.3. The van der Waals surface area contributed by atoms with Gasteiger partial charge in [-0.2, -0.15) is 0 Å². The van der Waals surface area contributed by atoms with Crippen LogP contribution in [0.4, 0.5) is 11.4 Å². The fourth-order valence-corrected chi connectivity index (χ4v) is 11.2. The van der Waals surface area contributed by atoms with Crippen LogP contribution in [-0.2, 0) is 20.9 Å². The molecule has 0 bridgehead atoms. The van der Waals surface area contributed by atoms with Crippen molar-refractivity contribution in [3.8, 4) is 22.5 Å². The fraction of sp³-hybridized carbons (Fsp3) is 0.196. The Morgan fingerprint density at radius 1 is 0.836 bits per heavy atom. The van der Waals surface area contributed by atoms with E-state index >= 15 is 0 Å². The number of carbonyl (C=O) groups excluding carboxylic acids is 5. The summed E-state index contributed by atoms with van der Waals surface area (Å²) in [5, 5.41) is 15.0. The van der Waals surface area contributed by atoms with E-state index in [1.807, 2.05) is 74.1 Å². The average Bonchev–Trinajstić information content (AvgIpc) is 4.01. The number of fused-ring (bicyclic) bond motifs is 5. The molecule has 1 aromatic heterocycles. The molecule has 67 heavy (non-hydrogen) atoms. The molecule has 5 aliphatic rings. The first-order chi connectivity index (χ1) is 32.0. The van der Waals surface area contributed by atoms with Gasteiger partial charge < -0.3 is 24.5 Å². The van der Waals surface area contributed by atoms with E-state index in [-0.39, 0.29) is 33.8 Å². The van der Waals surface area contributed by atoms with Crippen molar-refractivity contribution in [2.45, 2.75) is 25.2 Å². The number of carboxylic acids is 1. The van der Waals surface area contributed by atoms with Crippen molar-refractivity contribution in [3.63, 3.8) is 0 Å². The van der Waals surface area contributed by atoms with Gasteiger partial charge in [-0.25, -0.2) is 14.3 Å². The Bertz CT molecular complexity index is 3360. The summed E-state index contributed by atoms with van der Waals surface area (Å²) >= 11 is 8.12. The summed E-state index contributed by atoms with van der Waals surface area (Å²) < 4.78 is 16.2. The van der Waals surface area contributed by atoms with Gasteiger partial charge in [0.2, 0.25) is 34.3 Å². The first-order valence-corrected chi connectivity index (χ1v) is 23.5. The molecular formula is C51H39Br2N4O9S+. The molecule has 0 radical (unpaired) electrons. The van der Waals surface area contributed by atoms with Crippen molar-refractivity contribution in [2.24, 2.45) is 11.8 Å². The molecule has 2 N–H and O–H groups in total. The Hall–Kier alpha value is -6.59. The van der Waals surface area contributed by atoms with Crippen molar-refractivity contribution in [1.29, 1.82) is 0 Å². The standard InChI is InChI=1S/C51H38Br2N4O9S/c1-24-18-35-44(67-24)46(59)51(45(35)58)42-41(43(66-51)26-9-17-36(52)37(53)20-26)48(61)57(49(42)62)28-10-6-25(7-11-28)23-54-47(60)27-8-14-31(34(19-27)50(63)64)40-32-15-12-29(55(2)3)21-38(32)65-39-22-30(56(4)5)13-16-33(39)40/h6-22,41-43H,23H2,1-5H3,(H-,54,60,63,64)/p+1. The van der Waals surface area contributed by atoms with E-state index in [1.165, 1.54) is 6.07 Å². The number of Topliss-reactive ketones (excluding diaryl/α,β-unsaturated/α-hetero) is 2. The molecular weight excluding hydrogens is 1000 g/mol. The van der Waals surface area contributed by atoms with E-state index in [1.54, 1.807) is 67.6 Å². The molecule has 0 saturated carbocycles. The number of carboxylic acid groups (broad SMARTS) is 1. The van der Waals surface area contributed by atoms with Crippen LogP contribution in [0, 0.1) is 18.8 Å². The van der Waals surface area contributed by atoms with E-state index in [0.29, 0.717) is 49.0 Å². The number of hydrogen-bond acceptors (Lipinski definition) is 10. The third-order valence-corrected chi connectivity index (χ3v) is 15.8. The molecule has 2 aliphatic carbocycles. The molecule has 13 nitrogen and oxygen atoms in total. The SMILES string of the molecule is Cc1cc2c(s1)C(=O)C1(OC(c3ccc(Br)c(Br)c3)C3C(=O)N(c4ccc(CNC(=O)c5ccc(-c6c7ccc(=[N+](C)C)cc-7oc7cc(N(C)C)ccc67)c(C(=O)O)c5)cc4)C(=O)C31)C2=O. The number of anilines is 2. The van der Waals surface area contributed by atoms with Crippen molar-refractivity contribution < 1.29 is 43.0 Å². The second-order valence-corrected chi connectivity index (χ2v) is 20.2. The van der Waals surface area contributed by atoms with Crippen molar-refractivity contribution in [2.75, 3.05) is 38.0 Å². The first-order valence-electron chi connectivity index (χ1n) is 21.1. The number of halogens is 2. The highest BCUT2D eigenvalue weighted by atomic mass is 79.9. The molecule has 16 heteroatoms. The molecule has 2 fully saturated rings. The number of hydrogen-bond donors (Lipinski definition) is 2. The Balaban J connectivity index is 0.923. The molecule has 3 amide bonds. The molecule has 336 valence electrons. The van der Waals surface area contributed by atoms with E-state index in [0.717, 1.165) is 36.6 Å². The summed E-state index contributed by atoms with van der Waals surface area (Å²) in [5.74, 6) is -6.32. The number of ketones is 2. The van der Waals surface area contributed by atoms with Crippen LogP contribution >= 0.6 is 43.2 Å². The van der Waals surface area contributed by atoms with Gasteiger partial charge >= 0.3 is 5.97 Å². The predicted octanol–water partition coefficient (Wildman–Crippen LogP) is 8.52. The number of aryl methyl sites for hydroxylation is 1. The molecule has 10 rings (SSSR count). The van der Waals surface area contributed by atoms with Crippen LogP contribution < -0.4 is 25.0 Å². The number of aromatic carboxylic acids is 1. The van der Waals surface area contributed by atoms with Crippen LogP contribution in [0.3, 0.4) is 0 Å². The van der Waals surface area contributed by atoms with Gasteiger partial charge in [0.1, 0.15) is 25.4 Å². The zero-order chi connectivity index (χ0) is 47.4. The molecule has 4 unspecified atom stereocenters. The number of rotatable bonds is 8. The lowest BCUT2D eigenvalue weighted by atomic mass is 9.77. The van der Waals surface area contributed by atoms with Gasteiger partial charge in [-0.1, -0.05) is 24.3 Å². The van der Waals surface area contributed by atoms with E-state index in [2.05, 4.69) is 37.2 Å². The molecule has 4 heterocycles. The number of carbonyl (C=O) groups is 6. The highest BCUT2D eigenvalue weighted by Gasteiger charge is 2.75. The number of ether oxygens (including phenoxy) is 1. The summed E-state index contributed by atoms with van der Waals surface area (Å²) in [6.07, 6.45) is -1.08. The van der Waals surface area contributed by atoms with Crippen molar-refractivity contribution >= 4 is 101 Å². The Kier molecular flexibility index (Phi) is 10.8. The van der Waals surface area contributed by atoms with Crippen LogP contribution in [0.1, 0.15) is 62.9 Å². The Morgan fingerprint density at radius 2 is 1.58 bits per heavy atom. The number of nitrogens with zero attached hydrogens (tertiary/aromatic N) is 3. The maximum absolute atomic E-state index is 14.5. The second kappa shape index (κ2) is 16.3. The summed E-state index contributed by atoms with van der Waals surface area (Å²) in [4.78, 5) is 88.1. The maximum atomic E-state index is 14.5. The number of amides is 3. The maximum Gasteiger partial charge on any atom is 0.336 e. The van der Waals surface area contributed by atoms with Gasteiger partial charge in [-0.05, 0) is 116 Å². The number of imide groups is 1. The molecule has 1 spiro atoms. The lowest BCUT2D eigenvalue weighted by Crippen LogP contribution is -2.51. The number of nitrogens with one attached hydrogen (secondary N) is 1. The van der Waals surface area contributed by atoms with Gasteiger partial charge in [-0.15, -0.1) is 11.3 Å². The monoisotopic (exact) mass is 1040 g/mol. The third-order valence-electron chi connectivity index (χ3n) is 12.8.